The maximum absolute atomic E-state index is 2.54. The fraction of sp³-hybridized carbons (Fsp3) is 0.727. The molecule has 2 saturated carbocycles. The molecule has 0 amide bonds. The monoisotopic (exact) mass is 300 g/mol. The van der Waals surface area contributed by atoms with Gasteiger partial charge in [0, 0.05) is 0 Å². The Kier molecular flexibility index (Phi) is 8.05. The van der Waals surface area contributed by atoms with Gasteiger partial charge in [-0.1, -0.05) is 36.5 Å². The smallest absolute Gasteiger partial charge is 0.0233 e. The average molecular weight is 301 g/mol. The van der Waals surface area contributed by atoms with Crippen molar-refractivity contribution >= 4 is 0 Å². The van der Waals surface area contributed by atoms with E-state index in [4.69, 9.17) is 0 Å². The first kappa shape index (κ1) is 17.6. The van der Waals surface area contributed by atoms with Gasteiger partial charge in [0.1, 0.15) is 0 Å². The van der Waals surface area contributed by atoms with E-state index in [0.717, 1.165) is 23.7 Å². The predicted octanol–water partition coefficient (Wildman–Crippen LogP) is 7.09. The quantitative estimate of drug-likeness (QED) is 0.459. The molecule has 2 fully saturated rings. The Morgan fingerprint density at radius 3 is 1.59 bits per heavy atom. The van der Waals surface area contributed by atoms with Crippen molar-refractivity contribution in [3.63, 3.8) is 0 Å². The Labute approximate surface area is 138 Å². The largest absolute Gasteiger partial charge is 0.0914 e. The van der Waals surface area contributed by atoms with E-state index in [1.807, 2.05) is 0 Å². The first-order valence-corrected chi connectivity index (χ1v) is 9.74. The zero-order chi connectivity index (χ0) is 15.6. The zero-order valence-electron chi connectivity index (χ0n) is 14.8. The minimum Gasteiger partial charge on any atom is -0.0914 e. The van der Waals surface area contributed by atoms with E-state index in [9.17, 15) is 0 Å². The third-order valence-electron chi connectivity index (χ3n) is 5.79. The summed E-state index contributed by atoms with van der Waals surface area (Å²) in [5.41, 5.74) is 0. The van der Waals surface area contributed by atoms with Crippen molar-refractivity contribution in [1.82, 2.24) is 0 Å². The van der Waals surface area contributed by atoms with E-state index in [-0.39, 0.29) is 0 Å². The Morgan fingerprint density at radius 2 is 1.09 bits per heavy atom. The number of rotatable bonds is 6. The highest BCUT2D eigenvalue weighted by Crippen LogP contribution is 2.33. The minimum atomic E-state index is 0.863. The van der Waals surface area contributed by atoms with Crippen LogP contribution in [0.5, 0.6) is 0 Å². The van der Waals surface area contributed by atoms with Crippen molar-refractivity contribution in [2.75, 3.05) is 0 Å². The molecule has 22 heavy (non-hydrogen) atoms. The molecule has 2 aliphatic rings. The maximum Gasteiger partial charge on any atom is -0.0233 e. The highest BCUT2D eigenvalue weighted by molar-refractivity contribution is 4.96. The predicted molar refractivity (Wildman–Crippen MR) is 98.9 cm³/mol. The Hall–Kier alpha value is -0.780. The van der Waals surface area contributed by atoms with Gasteiger partial charge >= 0.3 is 0 Å². The van der Waals surface area contributed by atoms with Gasteiger partial charge < -0.3 is 0 Å². The third kappa shape index (κ3) is 6.15. The molecule has 0 aliphatic heterocycles. The summed E-state index contributed by atoms with van der Waals surface area (Å²) in [4.78, 5) is 0. The number of hydrogen-bond donors (Lipinski definition) is 0. The van der Waals surface area contributed by atoms with E-state index in [0.29, 0.717) is 0 Å². The second-order valence-electron chi connectivity index (χ2n) is 7.51. The van der Waals surface area contributed by atoms with E-state index >= 15 is 0 Å². The molecule has 0 aromatic heterocycles. The maximum atomic E-state index is 2.54. The topological polar surface area (TPSA) is 0 Å². The van der Waals surface area contributed by atoms with Crippen molar-refractivity contribution < 1.29 is 0 Å². The van der Waals surface area contributed by atoms with Crippen molar-refractivity contribution in [2.45, 2.75) is 78.1 Å². The van der Waals surface area contributed by atoms with Gasteiger partial charge in [0.05, 0.1) is 0 Å². The fourth-order valence-electron chi connectivity index (χ4n) is 4.36. The van der Waals surface area contributed by atoms with Gasteiger partial charge in [-0.3, -0.25) is 0 Å². The summed E-state index contributed by atoms with van der Waals surface area (Å²) >= 11 is 0. The average Bonchev–Trinajstić information content (AvgIpc) is 2.55. The molecule has 0 radical (unpaired) electrons. The lowest BCUT2D eigenvalue weighted by molar-refractivity contribution is 0.297. The highest BCUT2D eigenvalue weighted by atomic mass is 14.2. The molecule has 0 saturated heterocycles. The van der Waals surface area contributed by atoms with Crippen LogP contribution in [-0.2, 0) is 0 Å². The molecule has 0 spiro atoms. The molecule has 0 heterocycles. The van der Waals surface area contributed by atoms with Crippen LogP contribution in [0.4, 0.5) is 0 Å². The summed E-state index contributed by atoms with van der Waals surface area (Å²) in [6.07, 6.45) is 28.4. The lowest BCUT2D eigenvalue weighted by Gasteiger charge is -2.26. The molecule has 0 atom stereocenters. The van der Waals surface area contributed by atoms with E-state index in [2.05, 4.69) is 50.3 Å². The fourth-order valence-corrected chi connectivity index (χ4v) is 4.36. The van der Waals surface area contributed by atoms with Crippen LogP contribution < -0.4 is 0 Å². The summed E-state index contributed by atoms with van der Waals surface area (Å²) in [7, 11) is 0. The van der Waals surface area contributed by atoms with Crippen LogP contribution in [0.25, 0.3) is 0 Å². The molecule has 0 unspecified atom stereocenters. The number of allylic oxidation sites excluding steroid dienone is 6. The van der Waals surface area contributed by atoms with Gasteiger partial charge in [-0.2, -0.15) is 0 Å². The van der Waals surface area contributed by atoms with Crippen molar-refractivity contribution in [1.29, 1.82) is 0 Å². The minimum absolute atomic E-state index is 0.863. The molecule has 0 nitrogen and oxygen atoms in total. The second-order valence-corrected chi connectivity index (χ2v) is 7.51. The molecule has 0 aromatic carbocycles. The van der Waals surface area contributed by atoms with Crippen molar-refractivity contribution in [3.05, 3.63) is 36.5 Å². The van der Waals surface area contributed by atoms with Crippen LogP contribution in [0.3, 0.4) is 0 Å². The Morgan fingerprint density at radius 1 is 0.636 bits per heavy atom. The van der Waals surface area contributed by atoms with Gasteiger partial charge in [0.25, 0.3) is 0 Å². The summed E-state index contributed by atoms with van der Waals surface area (Å²) in [6.45, 7) is 4.31. The first-order chi connectivity index (χ1) is 10.8. The molecular weight excluding hydrogens is 264 g/mol. The van der Waals surface area contributed by atoms with Crippen molar-refractivity contribution in [3.8, 4) is 0 Å². The van der Waals surface area contributed by atoms with Crippen LogP contribution in [0, 0.1) is 23.7 Å². The lowest BCUT2D eigenvalue weighted by atomic mass is 9.79. The standard InChI is InChI=1S/C22H36/c1-3-7-19-11-15-21(16-12-19)9-5-6-10-22-17-13-20(8-4-2)14-18-22/h3-5,7-9,19-22H,6,10-18H2,1-2H3/b7-3+,8-4+,9-5+. The second kappa shape index (κ2) is 10.1. The summed E-state index contributed by atoms with van der Waals surface area (Å²) < 4.78 is 0. The van der Waals surface area contributed by atoms with Crippen molar-refractivity contribution in [2.24, 2.45) is 23.7 Å². The van der Waals surface area contributed by atoms with E-state index < -0.39 is 0 Å². The van der Waals surface area contributed by atoms with E-state index in [1.165, 1.54) is 64.2 Å². The molecule has 0 N–H and O–H groups in total. The lowest BCUT2D eigenvalue weighted by Crippen LogP contribution is -2.13. The van der Waals surface area contributed by atoms with Crippen LogP contribution in [0.1, 0.15) is 78.1 Å². The molecule has 2 aliphatic carbocycles. The summed E-state index contributed by atoms with van der Waals surface area (Å²) in [5.74, 6) is 3.61. The first-order valence-electron chi connectivity index (χ1n) is 9.74. The molecule has 0 aromatic rings. The zero-order valence-corrected chi connectivity index (χ0v) is 14.8. The van der Waals surface area contributed by atoms with Gasteiger partial charge in [-0.15, -0.1) is 0 Å². The molecule has 2 rings (SSSR count). The SMILES string of the molecule is C/C=C/C1CCC(/C=C/CCC2CCC(/C=C/C)CC2)CC1. The summed E-state index contributed by atoms with van der Waals surface area (Å²) in [6, 6.07) is 0. The van der Waals surface area contributed by atoms with Gasteiger partial charge in [0.15, 0.2) is 0 Å². The van der Waals surface area contributed by atoms with E-state index in [1.54, 1.807) is 0 Å². The Bertz CT molecular complexity index is 357. The summed E-state index contributed by atoms with van der Waals surface area (Å²) in [5, 5.41) is 0. The van der Waals surface area contributed by atoms with Gasteiger partial charge in [-0.25, -0.2) is 0 Å². The van der Waals surface area contributed by atoms with Gasteiger partial charge in [0.2, 0.25) is 0 Å². The molecule has 124 valence electrons. The molecule has 0 heteroatoms. The molecular formula is C22H36. The van der Waals surface area contributed by atoms with Crippen LogP contribution >= 0.6 is 0 Å². The highest BCUT2D eigenvalue weighted by Gasteiger charge is 2.19. The normalized spacial score (nSPS) is 34.1. The van der Waals surface area contributed by atoms with Crippen LogP contribution in [-0.4, -0.2) is 0 Å². The third-order valence-corrected chi connectivity index (χ3v) is 5.79. The van der Waals surface area contributed by atoms with Crippen LogP contribution in [0.2, 0.25) is 0 Å². The number of hydrogen-bond acceptors (Lipinski definition) is 0. The van der Waals surface area contributed by atoms with Gasteiger partial charge in [-0.05, 0) is 102 Å². The van der Waals surface area contributed by atoms with Crippen LogP contribution in [0.15, 0.2) is 36.5 Å². The molecule has 0 bridgehead atoms. The Balaban J connectivity index is 1.57.